The van der Waals surface area contributed by atoms with E-state index in [1.54, 1.807) is 13.4 Å². The van der Waals surface area contributed by atoms with Gasteiger partial charge in [-0.1, -0.05) is 0 Å². The first-order valence-electron chi connectivity index (χ1n) is 6.81. The van der Waals surface area contributed by atoms with Gasteiger partial charge in [-0.2, -0.15) is 0 Å². The van der Waals surface area contributed by atoms with Gasteiger partial charge >= 0.3 is 0 Å². The van der Waals surface area contributed by atoms with Crippen molar-refractivity contribution in [3.05, 3.63) is 47.8 Å². The summed E-state index contributed by atoms with van der Waals surface area (Å²) >= 11 is 0. The zero-order valence-corrected chi connectivity index (χ0v) is 12.6. The molecule has 21 heavy (non-hydrogen) atoms. The van der Waals surface area contributed by atoms with Crippen LogP contribution in [-0.4, -0.2) is 26.6 Å². The number of imidazole rings is 2. The lowest BCUT2D eigenvalue weighted by Gasteiger charge is -2.10. The van der Waals surface area contributed by atoms with Crippen LogP contribution in [-0.2, 0) is 0 Å². The Morgan fingerprint density at radius 3 is 2.57 bits per heavy atom. The molecular weight excluding hydrogens is 264 g/mol. The van der Waals surface area contributed by atoms with Crippen molar-refractivity contribution in [3.63, 3.8) is 0 Å². The van der Waals surface area contributed by atoms with E-state index in [4.69, 9.17) is 4.74 Å². The molecule has 5 nitrogen and oxygen atoms in total. The van der Waals surface area contributed by atoms with Gasteiger partial charge < -0.3 is 14.3 Å². The molecule has 0 unspecified atom stereocenters. The number of methoxy groups -OCH3 is 1. The summed E-state index contributed by atoms with van der Waals surface area (Å²) in [6, 6.07) is 6.04. The summed E-state index contributed by atoms with van der Waals surface area (Å²) in [5.41, 5.74) is 5.03. The molecule has 1 aromatic carbocycles. The number of hydrogen-bond acceptors (Lipinski definition) is 3. The second-order valence-corrected chi connectivity index (χ2v) is 5.10. The third-order valence-corrected chi connectivity index (χ3v) is 3.57. The fourth-order valence-corrected chi connectivity index (χ4v) is 2.28. The summed E-state index contributed by atoms with van der Waals surface area (Å²) in [6.07, 6.45) is 3.76. The lowest BCUT2D eigenvalue weighted by Crippen LogP contribution is -1.96. The molecule has 2 heterocycles. The summed E-state index contributed by atoms with van der Waals surface area (Å²) in [7, 11) is 1.67. The van der Waals surface area contributed by atoms with Crippen molar-refractivity contribution in [1.29, 1.82) is 0 Å². The summed E-state index contributed by atoms with van der Waals surface area (Å²) in [6.45, 7) is 5.98. The third kappa shape index (κ3) is 2.42. The first-order valence-corrected chi connectivity index (χ1v) is 6.81. The first-order chi connectivity index (χ1) is 10.1. The van der Waals surface area contributed by atoms with Gasteiger partial charge in [0.2, 0.25) is 0 Å². The van der Waals surface area contributed by atoms with E-state index in [9.17, 15) is 0 Å². The van der Waals surface area contributed by atoms with Gasteiger partial charge in [-0.3, -0.25) is 0 Å². The van der Waals surface area contributed by atoms with Crippen LogP contribution in [0.15, 0.2) is 30.7 Å². The summed E-state index contributed by atoms with van der Waals surface area (Å²) in [5, 5.41) is 0. The summed E-state index contributed by atoms with van der Waals surface area (Å²) in [5.74, 6) is 1.65. The molecule has 3 aromatic rings. The monoisotopic (exact) mass is 282 g/mol. The maximum absolute atomic E-state index is 5.52. The number of aromatic nitrogens is 4. The molecule has 0 atom stereocenters. The predicted molar refractivity (Wildman–Crippen MR) is 81.9 cm³/mol. The topological polar surface area (TPSA) is 55.7 Å². The zero-order chi connectivity index (χ0) is 15.0. The Balaban J connectivity index is 2.06. The van der Waals surface area contributed by atoms with E-state index in [2.05, 4.69) is 15.0 Å². The van der Waals surface area contributed by atoms with Crippen molar-refractivity contribution in [2.45, 2.75) is 20.8 Å². The van der Waals surface area contributed by atoms with Crippen molar-refractivity contribution in [2.24, 2.45) is 0 Å². The molecule has 108 valence electrons. The summed E-state index contributed by atoms with van der Waals surface area (Å²) in [4.78, 5) is 12.1. The molecule has 0 spiro atoms. The smallest absolute Gasteiger partial charge is 0.143 e. The van der Waals surface area contributed by atoms with Crippen molar-refractivity contribution >= 4 is 0 Å². The van der Waals surface area contributed by atoms with E-state index in [1.165, 1.54) is 0 Å². The van der Waals surface area contributed by atoms with Crippen LogP contribution >= 0.6 is 0 Å². The minimum Gasteiger partial charge on any atom is -0.495 e. The fraction of sp³-hybridized carbons (Fsp3) is 0.250. The predicted octanol–water partition coefficient (Wildman–Crippen LogP) is 3.20. The Labute approximate surface area is 123 Å². The molecule has 0 fully saturated rings. The molecule has 0 aliphatic carbocycles. The zero-order valence-electron chi connectivity index (χ0n) is 12.6. The minimum atomic E-state index is 0.789. The Morgan fingerprint density at radius 1 is 1.19 bits per heavy atom. The number of hydrogen-bond donors (Lipinski definition) is 1. The van der Waals surface area contributed by atoms with Crippen molar-refractivity contribution < 1.29 is 4.74 Å². The van der Waals surface area contributed by atoms with E-state index < -0.39 is 0 Å². The molecule has 0 saturated carbocycles. The van der Waals surface area contributed by atoms with Crippen LogP contribution in [0.25, 0.3) is 17.1 Å². The number of H-pyrrole nitrogens is 1. The van der Waals surface area contributed by atoms with E-state index in [-0.39, 0.29) is 0 Å². The van der Waals surface area contributed by atoms with E-state index in [0.29, 0.717) is 0 Å². The number of ether oxygens (including phenoxy) is 1. The molecule has 5 heteroatoms. The highest BCUT2D eigenvalue weighted by Crippen LogP contribution is 2.29. The molecule has 2 aromatic heterocycles. The van der Waals surface area contributed by atoms with Crippen LogP contribution in [0.4, 0.5) is 0 Å². The summed E-state index contributed by atoms with van der Waals surface area (Å²) < 4.78 is 7.47. The maximum atomic E-state index is 5.52. The van der Waals surface area contributed by atoms with E-state index >= 15 is 0 Å². The van der Waals surface area contributed by atoms with Gasteiger partial charge in [-0.25, -0.2) is 9.97 Å². The maximum Gasteiger partial charge on any atom is 0.143 e. The van der Waals surface area contributed by atoms with Gasteiger partial charge in [0.15, 0.2) is 0 Å². The van der Waals surface area contributed by atoms with Crippen LogP contribution in [0.3, 0.4) is 0 Å². The first kappa shape index (κ1) is 13.4. The van der Waals surface area contributed by atoms with Crippen molar-refractivity contribution in [3.8, 4) is 22.8 Å². The number of rotatable bonds is 3. The highest BCUT2D eigenvalue weighted by atomic mass is 16.5. The van der Waals surface area contributed by atoms with Crippen LogP contribution in [0.2, 0.25) is 0 Å². The normalized spacial score (nSPS) is 10.9. The van der Waals surface area contributed by atoms with Crippen LogP contribution in [0, 0.1) is 20.8 Å². The number of nitrogens with zero attached hydrogens (tertiary/aromatic N) is 3. The third-order valence-electron chi connectivity index (χ3n) is 3.57. The van der Waals surface area contributed by atoms with Crippen molar-refractivity contribution in [2.75, 3.05) is 7.11 Å². The molecule has 0 aliphatic rings. The van der Waals surface area contributed by atoms with Gasteiger partial charge in [0.05, 0.1) is 30.5 Å². The Bertz CT molecular complexity index is 766. The van der Waals surface area contributed by atoms with E-state index in [0.717, 1.165) is 39.9 Å². The van der Waals surface area contributed by atoms with Gasteiger partial charge in [0.1, 0.15) is 11.6 Å². The molecule has 0 aliphatic heterocycles. The molecule has 1 N–H and O–H groups in total. The molecule has 3 rings (SSSR count). The van der Waals surface area contributed by atoms with Crippen LogP contribution in [0.1, 0.15) is 17.1 Å². The Hall–Kier alpha value is -2.56. The lowest BCUT2D eigenvalue weighted by atomic mass is 10.1. The van der Waals surface area contributed by atoms with E-state index in [1.807, 2.05) is 49.7 Å². The second kappa shape index (κ2) is 5.09. The number of aromatic amines is 1. The van der Waals surface area contributed by atoms with Crippen molar-refractivity contribution in [1.82, 2.24) is 19.5 Å². The highest BCUT2D eigenvalue weighted by molar-refractivity contribution is 5.63. The number of aryl methyl sites for hydroxylation is 3. The second-order valence-electron chi connectivity index (χ2n) is 5.10. The molecule has 0 radical (unpaired) electrons. The van der Waals surface area contributed by atoms with Crippen LogP contribution < -0.4 is 4.74 Å². The SMILES string of the molecule is COc1cc(-c2nc(C)c(C)[nH]2)ccc1-n1cnc(C)c1. The molecule has 0 bridgehead atoms. The molecule has 0 saturated heterocycles. The quantitative estimate of drug-likeness (QED) is 0.802. The average molecular weight is 282 g/mol. The van der Waals surface area contributed by atoms with Gasteiger partial charge in [0, 0.05) is 17.5 Å². The minimum absolute atomic E-state index is 0.789. The molecule has 0 amide bonds. The van der Waals surface area contributed by atoms with Crippen LogP contribution in [0.5, 0.6) is 5.75 Å². The fourth-order valence-electron chi connectivity index (χ4n) is 2.28. The standard InChI is InChI=1S/C16H18N4O/c1-10-8-20(9-17-10)14-6-5-13(7-15(14)21-4)16-18-11(2)12(3)19-16/h5-9H,1-4H3,(H,18,19). The Kier molecular flexibility index (Phi) is 3.25. The lowest BCUT2D eigenvalue weighted by molar-refractivity contribution is 0.413. The highest BCUT2D eigenvalue weighted by Gasteiger charge is 2.11. The van der Waals surface area contributed by atoms with Gasteiger partial charge in [-0.05, 0) is 39.0 Å². The van der Waals surface area contributed by atoms with Gasteiger partial charge in [0.25, 0.3) is 0 Å². The largest absolute Gasteiger partial charge is 0.495 e. The molecular formula is C16H18N4O. The number of nitrogens with one attached hydrogen (secondary N) is 1. The average Bonchev–Trinajstić information content (AvgIpc) is 3.05. The Morgan fingerprint density at radius 2 is 2.00 bits per heavy atom. The van der Waals surface area contributed by atoms with Gasteiger partial charge in [-0.15, -0.1) is 0 Å². The number of benzene rings is 1.